The smallest absolute Gasteiger partial charge is 0.309 e. The van der Waals surface area contributed by atoms with Gasteiger partial charge >= 0.3 is 5.97 Å². The fourth-order valence-electron chi connectivity index (χ4n) is 0.392. The maximum Gasteiger partial charge on any atom is 0.309 e. The van der Waals surface area contributed by atoms with Crippen LogP contribution < -0.4 is 5.32 Å². The Morgan fingerprint density at radius 3 is 3.00 bits per heavy atom. The predicted molar refractivity (Wildman–Crippen MR) is 39.1 cm³/mol. The number of nitrogens with one attached hydrogen (secondary N) is 1. The zero-order valence-corrected chi connectivity index (χ0v) is 6.64. The van der Waals surface area contributed by atoms with Gasteiger partial charge in [0.2, 0.25) is 5.91 Å². The van der Waals surface area contributed by atoms with Crippen molar-refractivity contribution in [2.75, 3.05) is 6.54 Å². The van der Waals surface area contributed by atoms with E-state index in [1.54, 1.807) is 0 Å². The van der Waals surface area contributed by atoms with Crippen LogP contribution in [0.3, 0.4) is 0 Å². The molecule has 4 nitrogen and oxygen atoms in total. The first-order valence-electron chi connectivity index (χ1n) is 3.27. The maximum atomic E-state index is 10.5. The minimum Gasteiger partial charge on any atom is -0.451 e. The van der Waals surface area contributed by atoms with Crippen LogP contribution in [0, 0.1) is 0 Å². The molecule has 0 rings (SSSR count). The van der Waals surface area contributed by atoms with E-state index >= 15 is 0 Å². The fourth-order valence-corrected chi connectivity index (χ4v) is 0.494. The summed E-state index contributed by atoms with van der Waals surface area (Å²) in [5, 5.41) is 2.44. The lowest BCUT2D eigenvalue weighted by atomic mass is 10.4. The molecule has 0 bridgehead atoms. The van der Waals surface area contributed by atoms with E-state index in [9.17, 15) is 9.59 Å². The third kappa shape index (κ3) is 5.51. The molecule has 1 unspecified atom stereocenters. The van der Waals surface area contributed by atoms with Gasteiger partial charge in [0.1, 0.15) is 0 Å². The predicted octanol–water partition coefficient (Wildman–Crippen LogP) is -0.154. The van der Waals surface area contributed by atoms with E-state index in [0.29, 0.717) is 0 Å². The number of carbonyl (C=O) groups is 2. The van der Waals surface area contributed by atoms with E-state index < -0.39 is 15.4 Å². The largest absolute Gasteiger partial charge is 0.451 e. The van der Waals surface area contributed by atoms with Gasteiger partial charge in [0.05, 0.1) is 17.1 Å². The van der Waals surface area contributed by atoms with Gasteiger partial charge in [-0.25, -0.2) is 0 Å². The van der Waals surface area contributed by atoms with E-state index in [1.807, 2.05) is 0 Å². The lowest BCUT2D eigenvalue weighted by Gasteiger charge is -1.98. The summed E-state index contributed by atoms with van der Waals surface area (Å²) in [5.74, 6) is -0.627. The number of carbonyl (C=O) groups excluding carboxylic acids is 2. The number of amides is 1. The third-order valence-electron chi connectivity index (χ3n) is 0.817. The molecule has 0 aromatic heterocycles. The zero-order chi connectivity index (χ0) is 8.69. The Kier molecular flexibility index (Phi) is 3.87. The standard InChI is InChI=1S/C5H10NO3P/c1-4(7)6-3-2-5(8)9-10/h2-3,10H2,1H3,(H,6,7)/i10D. The molecule has 0 aliphatic rings. The van der Waals surface area contributed by atoms with Gasteiger partial charge in [-0.2, -0.15) is 0 Å². The van der Waals surface area contributed by atoms with Gasteiger partial charge in [0.15, 0.2) is 0 Å². The molecule has 0 saturated carbocycles. The van der Waals surface area contributed by atoms with Crippen LogP contribution >= 0.6 is 9.41 Å². The molecular weight excluding hydrogens is 153 g/mol. The van der Waals surface area contributed by atoms with Crippen molar-refractivity contribution in [2.45, 2.75) is 13.3 Å². The van der Waals surface area contributed by atoms with Crippen LogP contribution in [-0.4, -0.2) is 19.7 Å². The van der Waals surface area contributed by atoms with Crippen LogP contribution in [0.25, 0.3) is 0 Å². The first-order chi connectivity index (χ1) is 5.16. The molecule has 0 saturated heterocycles. The molecule has 0 aromatic rings. The van der Waals surface area contributed by atoms with Crippen LogP contribution in [0.4, 0.5) is 0 Å². The highest BCUT2D eigenvalue weighted by Gasteiger charge is 1.98. The number of rotatable bonds is 4. The highest BCUT2D eigenvalue weighted by atomic mass is 31.0. The minimum atomic E-state index is -0.568. The summed E-state index contributed by atoms with van der Waals surface area (Å²) in [7, 11) is -0.568. The van der Waals surface area contributed by atoms with Gasteiger partial charge < -0.3 is 9.84 Å². The van der Waals surface area contributed by atoms with Gasteiger partial charge in [-0.1, -0.05) is 0 Å². The summed E-state index contributed by atoms with van der Waals surface area (Å²) in [4.78, 5) is 20.8. The van der Waals surface area contributed by atoms with Crippen LogP contribution in [-0.2, 0) is 14.1 Å². The van der Waals surface area contributed by atoms with Crippen molar-refractivity contribution < 1.29 is 14.1 Å². The van der Waals surface area contributed by atoms with Crippen molar-refractivity contribution in [3.8, 4) is 0 Å². The Hall–Kier alpha value is -0.630. The maximum absolute atomic E-state index is 10.5. The first kappa shape index (κ1) is 7.48. The summed E-state index contributed by atoms with van der Waals surface area (Å²) in [6.07, 6.45) is 0.130. The van der Waals surface area contributed by atoms with E-state index in [2.05, 4.69) is 9.84 Å². The molecule has 0 aromatic carbocycles. The topological polar surface area (TPSA) is 55.4 Å². The average Bonchev–Trinajstić information content (AvgIpc) is 1.87. The Bertz CT molecular complexity index is 153. The Labute approximate surface area is 62.9 Å². The molecule has 0 radical (unpaired) electrons. The number of hydrogen-bond donors (Lipinski definition) is 1. The SMILES string of the molecule is [2H]POC(=O)CCNC(C)=O. The second kappa shape index (κ2) is 5.18. The molecule has 0 fully saturated rings. The lowest BCUT2D eigenvalue weighted by molar-refractivity contribution is -0.133. The highest BCUT2D eigenvalue weighted by Crippen LogP contribution is 1.89. The van der Waals surface area contributed by atoms with Crippen molar-refractivity contribution in [1.82, 2.24) is 5.32 Å². The second-order valence-corrected chi connectivity index (χ2v) is 1.91. The van der Waals surface area contributed by atoms with E-state index in [-0.39, 0.29) is 18.9 Å². The summed E-state index contributed by atoms with van der Waals surface area (Å²) >= 11 is 0. The summed E-state index contributed by atoms with van der Waals surface area (Å²) in [6, 6.07) is 0. The van der Waals surface area contributed by atoms with Crippen molar-refractivity contribution in [3.05, 3.63) is 0 Å². The van der Waals surface area contributed by atoms with E-state index in [0.717, 1.165) is 0 Å². The van der Waals surface area contributed by atoms with Crippen LogP contribution in [0.1, 0.15) is 13.3 Å². The summed E-state index contributed by atoms with van der Waals surface area (Å²) < 4.78 is 10.9. The second-order valence-electron chi connectivity index (χ2n) is 1.71. The van der Waals surface area contributed by atoms with Crippen LogP contribution in [0.5, 0.6) is 0 Å². The average molecular weight is 164 g/mol. The zero-order valence-electron chi connectivity index (χ0n) is 6.64. The normalized spacial score (nSPS) is 11.1. The Balaban J connectivity index is 3.24. The summed E-state index contributed by atoms with van der Waals surface area (Å²) in [6.45, 7) is 1.65. The molecular formula is C5H10NO3P. The van der Waals surface area contributed by atoms with E-state index in [1.165, 1.54) is 6.92 Å². The molecule has 5 heteroatoms. The molecule has 0 spiro atoms. The van der Waals surface area contributed by atoms with Gasteiger partial charge in [0.25, 0.3) is 0 Å². The van der Waals surface area contributed by atoms with Gasteiger partial charge in [-0.3, -0.25) is 9.59 Å². The number of hydrogen-bond acceptors (Lipinski definition) is 3. The minimum absolute atomic E-state index is 0.130. The lowest BCUT2D eigenvalue weighted by Crippen LogP contribution is -2.22. The van der Waals surface area contributed by atoms with Gasteiger partial charge in [-0.05, 0) is 0 Å². The molecule has 0 heterocycles. The van der Waals surface area contributed by atoms with Crippen molar-refractivity contribution in [1.29, 1.82) is 1.28 Å². The van der Waals surface area contributed by atoms with Gasteiger partial charge in [-0.15, -0.1) is 0 Å². The monoisotopic (exact) mass is 164 g/mol. The Morgan fingerprint density at radius 1 is 1.80 bits per heavy atom. The molecule has 1 N–H and O–H groups in total. The van der Waals surface area contributed by atoms with Crippen molar-refractivity contribution in [2.24, 2.45) is 0 Å². The molecule has 0 aliphatic heterocycles. The first-order valence-corrected chi connectivity index (χ1v) is 3.18. The van der Waals surface area contributed by atoms with E-state index in [4.69, 9.17) is 1.28 Å². The van der Waals surface area contributed by atoms with Crippen LogP contribution in [0.15, 0.2) is 0 Å². The molecule has 58 valence electrons. The molecule has 1 amide bonds. The fraction of sp³-hybridized carbons (Fsp3) is 0.600. The molecule has 0 aliphatic carbocycles. The Morgan fingerprint density at radius 2 is 2.50 bits per heavy atom. The quantitative estimate of drug-likeness (QED) is 0.587. The third-order valence-corrected chi connectivity index (χ3v) is 1.04. The molecule has 1 atom stereocenters. The molecule has 10 heavy (non-hydrogen) atoms. The highest BCUT2D eigenvalue weighted by molar-refractivity contribution is 7.10. The van der Waals surface area contributed by atoms with Crippen LogP contribution in [0.2, 0.25) is 0 Å². The van der Waals surface area contributed by atoms with Gasteiger partial charge in [0, 0.05) is 13.5 Å². The van der Waals surface area contributed by atoms with Crippen molar-refractivity contribution in [3.63, 3.8) is 0 Å². The van der Waals surface area contributed by atoms with Crippen molar-refractivity contribution >= 4 is 21.3 Å². The summed E-state index contributed by atoms with van der Waals surface area (Å²) in [5.41, 5.74) is 0.